The number of amides is 1. The first kappa shape index (κ1) is 17.0. The fourth-order valence-electron chi connectivity index (χ4n) is 3.46. The van der Waals surface area contributed by atoms with E-state index in [4.69, 9.17) is 0 Å². The van der Waals surface area contributed by atoms with E-state index >= 15 is 0 Å². The van der Waals surface area contributed by atoms with E-state index in [1.807, 2.05) is 30.1 Å². The molecule has 0 radical (unpaired) electrons. The summed E-state index contributed by atoms with van der Waals surface area (Å²) in [5.41, 5.74) is 1.09. The topological polar surface area (TPSA) is 32.3 Å². The van der Waals surface area contributed by atoms with Gasteiger partial charge in [-0.2, -0.15) is 0 Å². The third-order valence-corrected chi connectivity index (χ3v) is 4.88. The molecule has 1 heterocycles. The van der Waals surface area contributed by atoms with Crippen LogP contribution in [0.25, 0.3) is 0 Å². The Morgan fingerprint density at radius 1 is 1.09 bits per heavy atom. The molecule has 1 saturated heterocycles. The second-order valence-corrected chi connectivity index (χ2v) is 6.52. The first-order chi connectivity index (χ1) is 10.6. The minimum Gasteiger partial charge on any atom is -0.326 e. The summed E-state index contributed by atoms with van der Waals surface area (Å²) in [5.74, 6) is 0.246. The molecule has 1 amide bonds. The van der Waals surface area contributed by atoms with Crippen LogP contribution in [0.15, 0.2) is 30.3 Å². The largest absolute Gasteiger partial charge is 0.326 e. The fourth-order valence-corrected chi connectivity index (χ4v) is 3.46. The zero-order valence-electron chi connectivity index (χ0n) is 14.3. The molecule has 3 heteroatoms. The molecule has 0 bridgehead atoms. The van der Waals surface area contributed by atoms with E-state index in [2.05, 4.69) is 31.3 Å². The van der Waals surface area contributed by atoms with E-state index in [-0.39, 0.29) is 17.6 Å². The van der Waals surface area contributed by atoms with Crippen molar-refractivity contribution in [1.82, 2.24) is 10.2 Å². The normalized spacial score (nSPS) is 20.6. The van der Waals surface area contributed by atoms with Gasteiger partial charge in [-0.05, 0) is 24.8 Å². The van der Waals surface area contributed by atoms with Crippen molar-refractivity contribution in [3.63, 3.8) is 0 Å². The summed E-state index contributed by atoms with van der Waals surface area (Å²) in [7, 11) is 1.98. The summed E-state index contributed by atoms with van der Waals surface area (Å²) in [6, 6.07) is 10.2. The molecule has 1 aromatic rings. The molecule has 0 spiro atoms. The number of likely N-dealkylation sites (N-methyl/N-ethyl adjacent to an activating group) is 1. The molecule has 1 N–H and O–H groups in total. The minimum atomic E-state index is -0.136. The van der Waals surface area contributed by atoms with Gasteiger partial charge in [-0.1, -0.05) is 69.9 Å². The van der Waals surface area contributed by atoms with Crippen molar-refractivity contribution in [2.75, 3.05) is 7.05 Å². The molecule has 3 nitrogen and oxygen atoms in total. The molecule has 0 unspecified atom stereocenters. The average molecular weight is 302 g/mol. The summed E-state index contributed by atoms with van der Waals surface area (Å²) in [4.78, 5) is 14.7. The van der Waals surface area contributed by atoms with Crippen LogP contribution in [0, 0.1) is 0 Å². The lowest BCUT2D eigenvalue weighted by molar-refractivity contribution is -0.131. The second kappa shape index (κ2) is 7.77. The Kier molecular flexibility index (Phi) is 6.01. The monoisotopic (exact) mass is 302 g/mol. The third-order valence-electron chi connectivity index (χ3n) is 4.88. The van der Waals surface area contributed by atoms with Gasteiger partial charge in [0, 0.05) is 7.05 Å². The van der Waals surface area contributed by atoms with Crippen molar-refractivity contribution in [3.05, 3.63) is 35.9 Å². The van der Waals surface area contributed by atoms with Gasteiger partial charge in [0.25, 0.3) is 0 Å². The van der Waals surface area contributed by atoms with E-state index in [0.29, 0.717) is 0 Å². The minimum absolute atomic E-state index is 0.0823. The van der Waals surface area contributed by atoms with Crippen molar-refractivity contribution in [2.24, 2.45) is 0 Å². The van der Waals surface area contributed by atoms with Crippen LogP contribution in [0.3, 0.4) is 0 Å². The molecule has 122 valence electrons. The van der Waals surface area contributed by atoms with E-state index in [1.54, 1.807) is 0 Å². The molecular weight excluding hydrogens is 272 g/mol. The predicted octanol–water partition coefficient (Wildman–Crippen LogP) is 3.74. The van der Waals surface area contributed by atoms with Crippen LogP contribution >= 0.6 is 0 Å². The highest BCUT2D eigenvalue weighted by Gasteiger charge is 2.47. The molecule has 22 heavy (non-hydrogen) atoms. The van der Waals surface area contributed by atoms with Gasteiger partial charge in [-0.25, -0.2) is 0 Å². The van der Waals surface area contributed by atoms with Crippen LogP contribution < -0.4 is 5.32 Å². The maximum atomic E-state index is 12.7. The highest BCUT2D eigenvalue weighted by atomic mass is 16.2. The highest BCUT2D eigenvalue weighted by Crippen LogP contribution is 2.31. The molecule has 0 aliphatic carbocycles. The van der Waals surface area contributed by atoms with Gasteiger partial charge in [0.05, 0.1) is 11.7 Å². The summed E-state index contributed by atoms with van der Waals surface area (Å²) < 4.78 is 0. The van der Waals surface area contributed by atoms with Crippen LogP contribution in [-0.4, -0.2) is 29.6 Å². The van der Waals surface area contributed by atoms with Crippen molar-refractivity contribution in [3.8, 4) is 0 Å². The van der Waals surface area contributed by atoms with Gasteiger partial charge >= 0.3 is 0 Å². The number of nitrogens with zero attached hydrogens (tertiary/aromatic N) is 1. The predicted molar refractivity (Wildman–Crippen MR) is 91.6 cm³/mol. The standard InChI is InChI=1S/C19H30N2O/c1-4-6-13-19(14-7-5-2)20-17(18(22)21(19)3)15-16-11-9-8-10-12-16/h8-12,17,20H,4-7,13-15H2,1-3H3/t17-/m0/s1. The SMILES string of the molecule is CCCCC1(CCCC)N[C@@H](Cc2ccccc2)C(=O)N1C. The van der Waals surface area contributed by atoms with Crippen LogP contribution in [0.2, 0.25) is 0 Å². The summed E-state index contributed by atoms with van der Waals surface area (Å²) in [6.45, 7) is 4.43. The van der Waals surface area contributed by atoms with Gasteiger partial charge in [-0.15, -0.1) is 0 Å². The van der Waals surface area contributed by atoms with Crippen LogP contribution in [0.1, 0.15) is 57.9 Å². The molecule has 1 fully saturated rings. The first-order valence-corrected chi connectivity index (χ1v) is 8.72. The van der Waals surface area contributed by atoms with Crippen molar-refractivity contribution in [1.29, 1.82) is 0 Å². The molecule has 1 aliphatic rings. The highest BCUT2D eigenvalue weighted by molar-refractivity contribution is 5.85. The number of carbonyl (C=O) groups is 1. The Bertz CT molecular complexity index is 464. The number of nitrogens with one attached hydrogen (secondary N) is 1. The molecule has 1 aliphatic heterocycles. The van der Waals surface area contributed by atoms with Gasteiger partial charge in [0.15, 0.2) is 0 Å². The van der Waals surface area contributed by atoms with Gasteiger partial charge in [-0.3, -0.25) is 10.1 Å². The maximum absolute atomic E-state index is 12.7. The number of rotatable bonds is 8. The van der Waals surface area contributed by atoms with Crippen molar-refractivity contribution >= 4 is 5.91 Å². The van der Waals surface area contributed by atoms with Crippen LogP contribution in [0.5, 0.6) is 0 Å². The molecule has 1 aromatic carbocycles. The van der Waals surface area contributed by atoms with Crippen LogP contribution in [0.4, 0.5) is 0 Å². The van der Waals surface area contributed by atoms with E-state index in [1.165, 1.54) is 18.4 Å². The van der Waals surface area contributed by atoms with E-state index in [9.17, 15) is 4.79 Å². The van der Waals surface area contributed by atoms with Crippen LogP contribution in [-0.2, 0) is 11.2 Å². The lowest BCUT2D eigenvalue weighted by atomic mass is 9.95. The molecule has 2 rings (SSSR count). The third kappa shape index (κ3) is 3.70. The second-order valence-electron chi connectivity index (χ2n) is 6.52. The van der Waals surface area contributed by atoms with Crippen molar-refractivity contribution < 1.29 is 4.79 Å². The van der Waals surface area contributed by atoms with E-state index < -0.39 is 0 Å². The molecule has 0 aromatic heterocycles. The molecule has 1 atom stereocenters. The number of hydrogen-bond acceptors (Lipinski definition) is 2. The maximum Gasteiger partial charge on any atom is 0.241 e. The van der Waals surface area contributed by atoms with Gasteiger partial charge < -0.3 is 4.90 Å². The Morgan fingerprint density at radius 3 is 2.23 bits per heavy atom. The summed E-state index contributed by atoms with van der Waals surface area (Å²) in [6.07, 6.45) is 7.54. The molecule has 0 saturated carbocycles. The Morgan fingerprint density at radius 2 is 1.68 bits per heavy atom. The Hall–Kier alpha value is -1.35. The smallest absolute Gasteiger partial charge is 0.241 e. The average Bonchev–Trinajstić information content (AvgIpc) is 2.77. The van der Waals surface area contributed by atoms with Gasteiger partial charge in [0.2, 0.25) is 5.91 Å². The summed E-state index contributed by atoms with van der Waals surface area (Å²) in [5, 5.41) is 3.70. The number of unbranched alkanes of at least 4 members (excludes halogenated alkanes) is 2. The zero-order valence-corrected chi connectivity index (χ0v) is 14.3. The number of carbonyl (C=O) groups excluding carboxylic acids is 1. The van der Waals surface area contributed by atoms with Gasteiger partial charge in [0.1, 0.15) is 0 Å². The number of benzene rings is 1. The Labute approximate surface area is 135 Å². The lowest BCUT2D eigenvalue weighted by Crippen LogP contribution is -2.51. The Balaban J connectivity index is 2.12. The first-order valence-electron chi connectivity index (χ1n) is 8.72. The quantitative estimate of drug-likeness (QED) is 0.793. The zero-order chi connectivity index (χ0) is 16.0. The summed E-state index contributed by atoms with van der Waals surface area (Å²) >= 11 is 0. The fraction of sp³-hybridized carbons (Fsp3) is 0.632. The molecular formula is C19H30N2O. The number of hydrogen-bond donors (Lipinski definition) is 1. The lowest BCUT2D eigenvalue weighted by Gasteiger charge is -2.36. The van der Waals surface area contributed by atoms with E-state index in [0.717, 1.165) is 32.1 Å². The van der Waals surface area contributed by atoms with Crippen molar-refractivity contribution in [2.45, 2.75) is 70.5 Å².